The molecule has 0 spiro atoms. The van der Waals surface area contributed by atoms with Gasteiger partial charge in [0.2, 0.25) is 12.2 Å². The van der Waals surface area contributed by atoms with Gasteiger partial charge in [-0.25, -0.2) is 0 Å². The summed E-state index contributed by atoms with van der Waals surface area (Å²) in [5.74, 6) is 0.602. The molecule has 1 aliphatic heterocycles. The number of hydrogen-bond acceptors (Lipinski definition) is 8. The Labute approximate surface area is 189 Å². The lowest BCUT2D eigenvalue weighted by Crippen LogP contribution is -2.60. The van der Waals surface area contributed by atoms with Crippen molar-refractivity contribution < 1.29 is 39.4 Å². The first-order valence-corrected chi connectivity index (χ1v) is 11.3. The van der Waals surface area contributed by atoms with E-state index >= 15 is 0 Å². The quantitative estimate of drug-likeness (QED) is 0.280. The molecule has 1 saturated heterocycles. The first kappa shape index (κ1) is 26.3. The van der Waals surface area contributed by atoms with Crippen LogP contribution in [0.4, 0.5) is 0 Å². The van der Waals surface area contributed by atoms with Crippen molar-refractivity contribution in [1.29, 1.82) is 0 Å². The lowest BCUT2D eigenvalue weighted by Gasteiger charge is -2.39. The molecule has 1 aromatic carbocycles. The summed E-state index contributed by atoms with van der Waals surface area (Å²) >= 11 is 0. The van der Waals surface area contributed by atoms with Crippen LogP contribution in [0, 0.1) is 0 Å². The number of benzene rings is 1. The number of carbonyl (C=O) groups is 1. The molecule has 0 saturated carbocycles. The average molecular weight is 456 g/mol. The van der Waals surface area contributed by atoms with Gasteiger partial charge >= 0.3 is 0 Å². The van der Waals surface area contributed by atoms with Gasteiger partial charge in [-0.15, -0.1) is 0 Å². The normalized spacial score (nSPS) is 25.4. The Morgan fingerprint density at radius 3 is 2.44 bits per heavy atom. The number of aliphatic hydroxyl groups excluding tert-OH is 4. The molecule has 5 N–H and O–H groups in total. The van der Waals surface area contributed by atoms with Crippen LogP contribution >= 0.6 is 0 Å². The zero-order chi connectivity index (χ0) is 23.5. The number of amides is 1. The second-order valence-corrected chi connectivity index (χ2v) is 8.09. The molecule has 9 heteroatoms. The summed E-state index contributed by atoms with van der Waals surface area (Å²) in [7, 11) is 1.45. The Morgan fingerprint density at radius 1 is 1.03 bits per heavy atom. The first-order chi connectivity index (χ1) is 15.4. The molecule has 1 heterocycles. The van der Waals surface area contributed by atoms with Crippen LogP contribution in [0.25, 0.3) is 0 Å². The molecule has 1 fully saturated rings. The summed E-state index contributed by atoms with van der Waals surface area (Å²) in [5, 5.41) is 42.1. The molecular formula is C23H37NO8. The lowest BCUT2D eigenvalue weighted by atomic mass is 9.99. The summed E-state index contributed by atoms with van der Waals surface area (Å²) in [6.45, 7) is 1.97. The molecule has 32 heavy (non-hydrogen) atoms. The van der Waals surface area contributed by atoms with Gasteiger partial charge in [0.05, 0.1) is 13.7 Å². The third-order valence-corrected chi connectivity index (χ3v) is 5.57. The molecule has 9 nitrogen and oxygen atoms in total. The second-order valence-electron chi connectivity index (χ2n) is 8.09. The summed E-state index contributed by atoms with van der Waals surface area (Å²) < 4.78 is 16.4. The molecule has 0 radical (unpaired) electrons. The highest BCUT2D eigenvalue weighted by atomic mass is 16.7. The van der Waals surface area contributed by atoms with E-state index in [-0.39, 0.29) is 11.7 Å². The number of aliphatic hydroxyl groups is 4. The van der Waals surface area contributed by atoms with Crippen LogP contribution < -0.4 is 14.8 Å². The van der Waals surface area contributed by atoms with E-state index in [1.54, 1.807) is 18.2 Å². The van der Waals surface area contributed by atoms with Crippen LogP contribution in [0.5, 0.6) is 11.5 Å². The van der Waals surface area contributed by atoms with Crippen LogP contribution in [0.15, 0.2) is 18.2 Å². The average Bonchev–Trinajstić information content (AvgIpc) is 2.80. The number of unbranched alkanes of at least 4 members (excludes halogenated alkanes) is 5. The predicted molar refractivity (Wildman–Crippen MR) is 117 cm³/mol. The van der Waals surface area contributed by atoms with Crippen molar-refractivity contribution in [2.24, 2.45) is 0 Å². The van der Waals surface area contributed by atoms with E-state index in [1.165, 1.54) is 26.4 Å². The third kappa shape index (κ3) is 7.60. The molecule has 2 rings (SSSR count). The van der Waals surface area contributed by atoms with Crippen molar-refractivity contribution in [3.8, 4) is 11.5 Å². The van der Waals surface area contributed by atoms with E-state index in [0.29, 0.717) is 18.7 Å². The Balaban J connectivity index is 1.87. The molecular weight excluding hydrogens is 418 g/mol. The van der Waals surface area contributed by atoms with Crippen molar-refractivity contribution in [1.82, 2.24) is 5.32 Å². The molecule has 1 unspecified atom stereocenters. The number of methoxy groups -OCH3 is 1. The van der Waals surface area contributed by atoms with Gasteiger partial charge in [-0.2, -0.15) is 0 Å². The van der Waals surface area contributed by atoms with Gasteiger partial charge in [0.15, 0.2) is 11.5 Å². The number of carbonyl (C=O) groups excluding carboxylic acids is 1. The van der Waals surface area contributed by atoms with Gasteiger partial charge in [0.1, 0.15) is 24.4 Å². The molecule has 1 aromatic rings. The standard InChI is InChI=1S/C23H37NO8/c1-3-4-5-6-7-8-9-19(26)24-13-15-10-11-16(17(12-15)30-2)31-23-22(29)21(28)20(27)18(14-25)32-23/h10-12,18,20-23,25,27-29H,3-9,13-14H2,1-2H3,(H,24,26)/t18-,20-,21+,22-,23?/m1/s1. The van der Waals surface area contributed by atoms with E-state index in [1.807, 2.05) is 0 Å². The minimum absolute atomic E-state index is 0.00102. The van der Waals surface area contributed by atoms with Crippen LogP contribution in [0.3, 0.4) is 0 Å². The summed E-state index contributed by atoms with van der Waals surface area (Å²) in [6, 6.07) is 5.05. The fourth-order valence-corrected chi connectivity index (χ4v) is 3.56. The molecule has 1 aliphatic rings. The zero-order valence-corrected chi connectivity index (χ0v) is 18.9. The van der Waals surface area contributed by atoms with E-state index in [0.717, 1.165) is 24.8 Å². The molecule has 182 valence electrons. The lowest BCUT2D eigenvalue weighted by molar-refractivity contribution is -0.277. The topological polar surface area (TPSA) is 138 Å². The third-order valence-electron chi connectivity index (χ3n) is 5.57. The predicted octanol–water partition coefficient (Wildman–Crippen LogP) is 1.24. The van der Waals surface area contributed by atoms with E-state index in [4.69, 9.17) is 14.2 Å². The van der Waals surface area contributed by atoms with Crippen LogP contribution in [0.1, 0.15) is 57.4 Å². The Bertz CT molecular complexity index is 699. The number of rotatable bonds is 13. The fourth-order valence-electron chi connectivity index (χ4n) is 3.56. The Morgan fingerprint density at radius 2 is 1.75 bits per heavy atom. The SMILES string of the molecule is CCCCCCCCC(=O)NCc1ccc(OC2O[C@H](CO)[C@@H](O)[C@H](O)[C@H]2O)c(OC)c1. The van der Waals surface area contributed by atoms with Crippen molar-refractivity contribution in [2.75, 3.05) is 13.7 Å². The highest BCUT2D eigenvalue weighted by Gasteiger charge is 2.44. The summed E-state index contributed by atoms with van der Waals surface area (Å²) in [5.41, 5.74) is 0.805. The minimum Gasteiger partial charge on any atom is -0.493 e. The van der Waals surface area contributed by atoms with Gasteiger partial charge in [0.25, 0.3) is 0 Å². The molecule has 0 aliphatic carbocycles. The highest BCUT2D eigenvalue weighted by Crippen LogP contribution is 2.32. The van der Waals surface area contributed by atoms with Gasteiger partial charge in [-0.05, 0) is 24.1 Å². The first-order valence-electron chi connectivity index (χ1n) is 11.3. The number of ether oxygens (including phenoxy) is 3. The second kappa shape index (κ2) is 13.6. The molecule has 0 aromatic heterocycles. The van der Waals surface area contributed by atoms with Crippen molar-refractivity contribution >= 4 is 5.91 Å². The van der Waals surface area contributed by atoms with E-state index < -0.39 is 37.3 Å². The zero-order valence-electron chi connectivity index (χ0n) is 18.9. The van der Waals surface area contributed by atoms with Crippen LogP contribution in [-0.4, -0.2) is 70.8 Å². The van der Waals surface area contributed by atoms with Gasteiger partial charge in [0, 0.05) is 13.0 Å². The molecule has 1 amide bonds. The minimum atomic E-state index is -1.53. The van der Waals surface area contributed by atoms with Gasteiger partial charge in [-0.3, -0.25) is 4.79 Å². The monoisotopic (exact) mass is 455 g/mol. The molecule has 0 bridgehead atoms. The Hall–Kier alpha value is -1.91. The van der Waals surface area contributed by atoms with Crippen LogP contribution in [-0.2, 0) is 16.1 Å². The maximum atomic E-state index is 12.1. The summed E-state index contributed by atoms with van der Waals surface area (Å²) in [6.07, 6.45) is 0.394. The van der Waals surface area contributed by atoms with E-state index in [9.17, 15) is 25.2 Å². The maximum absolute atomic E-state index is 12.1. The summed E-state index contributed by atoms with van der Waals surface area (Å²) in [4.78, 5) is 12.1. The highest BCUT2D eigenvalue weighted by molar-refractivity contribution is 5.75. The number of nitrogens with one attached hydrogen (secondary N) is 1. The van der Waals surface area contributed by atoms with E-state index in [2.05, 4.69) is 12.2 Å². The number of hydrogen-bond donors (Lipinski definition) is 5. The fraction of sp³-hybridized carbons (Fsp3) is 0.696. The van der Waals surface area contributed by atoms with Crippen molar-refractivity contribution in [2.45, 2.75) is 89.1 Å². The van der Waals surface area contributed by atoms with Crippen LogP contribution in [0.2, 0.25) is 0 Å². The smallest absolute Gasteiger partial charge is 0.229 e. The molecule has 5 atom stereocenters. The van der Waals surface area contributed by atoms with Crippen molar-refractivity contribution in [3.05, 3.63) is 23.8 Å². The van der Waals surface area contributed by atoms with Gasteiger partial charge < -0.3 is 40.0 Å². The largest absolute Gasteiger partial charge is 0.493 e. The Kier molecular flexibility index (Phi) is 11.2. The maximum Gasteiger partial charge on any atom is 0.229 e. The van der Waals surface area contributed by atoms with Crippen molar-refractivity contribution in [3.63, 3.8) is 0 Å². The van der Waals surface area contributed by atoms with Gasteiger partial charge in [-0.1, -0.05) is 45.1 Å².